The molecule has 0 spiro atoms. The number of benzene rings is 1. The first-order valence-electron chi connectivity index (χ1n) is 4.26. The zero-order valence-corrected chi connectivity index (χ0v) is 10.2. The van der Waals surface area contributed by atoms with Crippen LogP contribution in [0.3, 0.4) is 0 Å². The van der Waals surface area contributed by atoms with Gasteiger partial charge in [-0.1, -0.05) is 24.3 Å². The molecule has 0 unspecified atom stereocenters. The van der Waals surface area contributed by atoms with Gasteiger partial charge in [0.05, 0.1) is 0 Å². The topological polar surface area (TPSA) is 12.9 Å². The van der Waals surface area contributed by atoms with Crippen molar-refractivity contribution in [2.24, 2.45) is 0 Å². The molecular weight excluding hydrogens is 367 g/mol. The molecule has 0 aliphatic rings. The first-order chi connectivity index (χ1) is 6.93. The van der Waals surface area contributed by atoms with E-state index in [0.717, 1.165) is 5.56 Å². The van der Waals surface area contributed by atoms with E-state index in [4.69, 9.17) is 6.42 Å². The molecule has 0 aliphatic heterocycles. The molecule has 78 valence electrons. The second kappa shape index (κ2) is 9.23. The number of aromatic nitrogens is 1. The van der Waals surface area contributed by atoms with E-state index in [1.54, 1.807) is 12.4 Å². The molecule has 2 aromatic rings. The summed E-state index contributed by atoms with van der Waals surface area (Å²) in [4.78, 5) is 3.78. The summed E-state index contributed by atoms with van der Waals surface area (Å²) in [5, 5.41) is 0. The fourth-order valence-corrected chi connectivity index (χ4v) is 0.834. The van der Waals surface area contributed by atoms with Crippen molar-refractivity contribution in [2.45, 2.75) is 0 Å². The van der Waals surface area contributed by atoms with Crippen LogP contribution in [0.25, 0.3) is 0 Å². The third-order valence-electron chi connectivity index (χ3n) is 1.48. The second-order valence-corrected chi connectivity index (χ2v) is 2.52. The largest absolute Gasteiger partial charge is 1.00 e. The van der Waals surface area contributed by atoms with Gasteiger partial charge < -0.3 is 6.42 Å². The van der Waals surface area contributed by atoms with Crippen molar-refractivity contribution in [3.63, 3.8) is 0 Å². The average molecular weight is 377 g/mol. The molecule has 1 aromatic heterocycles. The Labute approximate surface area is 106 Å². The Morgan fingerprint density at radius 1 is 0.867 bits per heavy atom. The maximum absolute atomic E-state index is 6.69. The van der Waals surface area contributed by atoms with Gasteiger partial charge in [-0.2, -0.15) is 0 Å². The van der Waals surface area contributed by atoms with Crippen molar-refractivity contribution < 1.29 is 22.4 Å². The van der Waals surface area contributed by atoms with E-state index in [9.17, 15) is 0 Å². The maximum Gasteiger partial charge on any atom is 1.00 e. The Kier molecular flexibility index (Phi) is 8.42. The van der Waals surface area contributed by atoms with Crippen LogP contribution in [0.1, 0.15) is 5.56 Å². The van der Waals surface area contributed by atoms with Crippen LogP contribution in [-0.4, -0.2) is 4.98 Å². The number of hydrogen-bond donors (Lipinski definition) is 0. The summed E-state index contributed by atoms with van der Waals surface area (Å²) < 4.78 is 0. The van der Waals surface area contributed by atoms with Crippen LogP contribution in [0.2, 0.25) is 0 Å². The van der Waals surface area contributed by atoms with Crippen LogP contribution >= 0.6 is 0 Å². The van der Waals surface area contributed by atoms with Crippen LogP contribution in [-0.2, 0) is 22.4 Å². The standard InChI is InChI=1S/C8H5.C5H5N.Au/c1-2-8-6-4-3-5-7-8;1-2-4-6-5-3-1;/h3-7H;1-5H;/q-1;;+1. The summed E-state index contributed by atoms with van der Waals surface area (Å²) in [7, 11) is 0. The van der Waals surface area contributed by atoms with Gasteiger partial charge in [0.25, 0.3) is 0 Å². The van der Waals surface area contributed by atoms with Crippen LogP contribution in [0.4, 0.5) is 0 Å². The van der Waals surface area contributed by atoms with E-state index < -0.39 is 0 Å². The maximum atomic E-state index is 6.69. The predicted molar refractivity (Wildman–Crippen MR) is 56.9 cm³/mol. The summed E-state index contributed by atoms with van der Waals surface area (Å²) in [5.74, 6) is 2.28. The van der Waals surface area contributed by atoms with Crippen molar-refractivity contribution in [2.75, 3.05) is 0 Å². The molecule has 1 nitrogen and oxygen atoms in total. The van der Waals surface area contributed by atoms with Gasteiger partial charge in [0.1, 0.15) is 0 Å². The molecule has 2 rings (SSSR count). The Balaban J connectivity index is 0.000000253. The number of rotatable bonds is 0. The Morgan fingerprint density at radius 3 is 1.67 bits per heavy atom. The third kappa shape index (κ3) is 6.70. The number of pyridine rings is 1. The van der Waals surface area contributed by atoms with Crippen molar-refractivity contribution in [3.8, 4) is 5.92 Å². The van der Waals surface area contributed by atoms with Gasteiger partial charge in [0.2, 0.25) is 0 Å². The monoisotopic (exact) mass is 377 g/mol. The summed E-state index contributed by atoms with van der Waals surface area (Å²) in [6.45, 7) is 0. The van der Waals surface area contributed by atoms with Gasteiger partial charge >= 0.3 is 22.4 Å². The minimum Gasteiger partial charge on any atom is -0.366 e. The number of nitrogens with zero attached hydrogens (tertiary/aromatic N) is 1. The zero-order valence-electron chi connectivity index (χ0n) is 8.02. The van der Waals surface area contributed by atoms with Crippen molar-refractivity contribution in [1.82, 2.24) is 4.98 Å². The first-order valence-corrected chi connectivity index (χ1v) is 4.26. The molecule has 0 atom stereocenters. The molecule has 0 saturated heterocycles. The Morgan fingerprint density at radius 2 is 1.40 bits per heavy atom. The van der Waals surface area contributed by atoms with Gasteiger partial charge in [-0.3, -0.25) is 10.9 Å². The van der Waals surface area contributed by atoms with E-state index in [1.807, 2.05) is 48.5 Å². The minimum atomic E-state index is 0. The van der Waals surface area contributed by atoms with Gasteiger partial charge in [0.15, 0.2) is 0 Å². The van der Waals surface area contributed by atoms with Gasteiger partial charge in [-0.25, -0.2) is 0 Å². The molecule has 2 heteroatoms. The molecule has 0 N–H and O–H groups in total. The molecule has 1 aromatic carbocycles. The van der Waals surface area contributed by atoms with Crippen LogP contribution in [0.5, 0.6) is 0 Å². The SMILES string of the molecule is [Au+].[C-]#Cc1ccccc1.c1ccncc1. The smallest absolute Gasteiger partial charge is 0.366 e. The molecular formula is C13H10AuN. The quantitative estimate of drug-likeness (QED) is 0.391. The molecule has 0 fully saturated rings. The Hall–Kier alpha value is -1.33. The van der Waals surface area contributed by atoms with Crippen LogP contribution in [0, 0.1) is 12.3 Å². The van der Waals surface area contributed by atoms with Crippen LogP contribution < -0.4 is 0 Å². The van der Waals surface area contributed by atoms with Crippen molar-refractivity contribution >= 4 is 0 Å². The van der Waals surface area contributed by atoms with Crippen molar-refractivity contribution in [1.29, 1.82) is 0 Å². The fourth-order valence-electron chi connectivity index (χ4n) is 0.834. The van der Waals surface area contributed by atoms with E-state index in [2.05, 4.69) is 10.9 Å². The normalized spacial score (nSPS) is 7.40. The minimum absolute atomic E-state index is 0. The molecule has 0 saturated carbocycles. The molecule has 0 aliphatic carbocycles. The van der Waals surface area contributed by atoms with E-state index in [-0.39, 0.29) is 22.4 Å². The molecule has 0 amide bonds. The van der Waals surface area contributed by atoms with Crippen LogP contribution in [0.15, 0.2) is 60.9 Å². The molecule has 0 bridgehead atoms. The summed E-state index contributed by atoms with van der Waals surface area (Å²) in [6, 6.07) is 15.1. The molecule has 15 heavy (non-hydrogen) atoms. The van der Waals surface area contributed by atoms with Gasteiger partial charge in [-0.05, 0) is 12.1 Å². The molecule has 1 heterocycles. The first kappa shape index (κ1) is 13.7. The van der Waals surface area contributed by atoms with Gasteiger partial charge in [0, 0.05) is 12.4 Å². The van der Waals surface area contributed by atoms with E-state index >= 15 is 0 Å². The predicted octanol–water partition coefficient (Wildman–Crippen LogP) is 2.70. The second-order valence-electron chi connectivity index (χ2n) is 2.52. The van der Waals surface area contributed by atoms with E-state index in [1.165, 1.54) is 0 Å². The Bertz CT molecular complexity index is 352. The zero-order chi connectivity index (χ0) is 10.1. The summed E-state index contributed by atoms with van der Waals surface area (Å²) in [6.07, 6.45) is 10.2. The molecule has 0 radical (unpaired) electrons. The van der Waals surface area contributed by atoms with E-state index in [0.29, 0.717) is 0 Å². The summed E-state index contributed by atoms with van der Waals surface area (Å²) in [5.41, 5.74) is 0.826. The number of hydrogen-bond acceptors (Lipinski definition) is 1. The summed E-state index contributed by atoms with van der Waals surface area (Å²) >= 11 is 0. The fraction of sp³-hybridized carbons (Fsp3) is 0. The average Bonchev–Trinajstić information content (AvgIpc) is 2.33. The van der Waals surface area contributed by atoms with Gasteiger partial charge in [-0.15, -0.1) is 17.7 Å². The third-order valence-corrected chi connectivity index (χ3v) is 1.48. The van der Waals surface area contributed by atoms with Crippen molar-refractivity contribution in [3.05, 3.63) is 72.9 Å².